The number of benzene rings is 2. The minimum absolute atomic E-state index is 0.309. The smallest absolute Gasteiger partial charge is 0.265 e. The molecule has 1 heterocycles. The average molecular weight is 248 g/mol. The molecule has 0 spiro atoms. The SMILES string of the molecule is NCCN1c2cccc3cccc(c23)S1(=O)=O. The molecule has 88 valence electrons. The molecule has 5 heteroatoms. The third-order valence-corrected chi connectivity index (χ3v) is 4.87. The predicted octanol–water partition coefficient (Wildman–Crippen LogP) is 1.31. The number of hydrogen-bond acceptors (Lipinski definition) is 3. The van der Waals surface area contributed by atoms with Gasteiger partial charge in [0.15, 0.2) is 0 Å². The summed E-state index contributed by atoms with van der Waals surface area (Å²) in [6.07, 6.45) is 0. The van der Waals surface area contributed by atoms with E-state index in [1.165, 1.54) is 4.31 Å². The molecule has 0 aromatic heterocycles. The fourth-order valence-corrected chi connectivity index (χ4v) is 4.04. The van der Waals surface area contributed by atoms with E-state index in [1.54, 1.807) is 12.1 Å². The van der Waals surface area contributed by atoms with Crippen LogP contribution in [0, 0.1) is 0 Å². The first-order valence-electron chi connectivity index (χ1n) is 5.41. The van der Waals surface area contributed by atoms with Gasteiger partial charge in [0.2, 0.25) is 0 Å². The second kappa shape index (κ2) is 3.45. The average Bonchev–Trinajstić information content (AvgIpc) is 2.54. The molecule has 0 aliphatic carbocycles. The van der Waals surface area contributed by atoms with Gasteiger partial charge < -0.3 is 5.73 Å². The van der Waals surface area contributed by atoms with E-state index in [9.17, 15) is 8.42 Å². The molecule has 0 saturated carbocycles. The van der Waals surface area contributed by atoms with Gasteiger partial charge in [-0.2, -0.15) is 0 Å². The monoisotopic (exact) mass is 248 g/mol. The lowest BCUT2D eigenvalue weighted by Crippen LogP contribution is -2.32. The normalized spacial score (nSPS) is 16.6. The number of rotatable bonds is 2. The molecular formula is C12H12N2O2S. The van der Waals surface area contributed by atoms with Crippen molar-refractivity contribution in [2.24, 2.45) is 5.73 Å². The van der Waals surface area contributed by atoms with Gasteiger partial charge in [0, 0.05) is 18.5 Å². The summed E-state index contributed by atoms with van der Waals surface area (Å²) in [6, 6.07) is 11.0. The van der Waals surface area contributed by atoms with Crippen LogP contribution in [0.5, 0.6) is 0 Å². The zero-order chi connectivity index (χ0) is 12.0. The molecule has 0 amide bonds. The van der Waals surface area contributed by atoms with Crippen LogP contribution in [0.3, 0.4) is 0 Å². The minimum Gasteiger partial charge on any atom is -0.329 e. The van der Waals surface area contributed by atoms with Crippen molar-refractivity contribution in [3.05, 3.63) is 36.4 Å². The molecule has 2 aromatic carbocycles. The number of anilines is 1. The molecule has 17 heavy (non-hydrogen) atoms. The van der Waals surface area contributed by atoms with Crippen LogP contribution in [0.15, 0.2) is 41.3 Å². The summed E-state index contributed by atoms with van der Waals surface area (Å²) in [7, 11) is -3.41. The summed E-state index contributed by atoms with van der Waals surface area (Å²) in [6.45, 7) is 0.625. The Morgan fingerprint density at radius 1 is 1.12 bits per heavy atom. The molecule has 0 bridgehead atoms. The first kappa shape index (κ1) is 10.6. The van der Waals surface area contributed by atoms with Crippen LogP contribution in [0.2, 0.25) is 0 Å². The number of hydrogen-bond donors (Lipinski definition) is 1. The molecule has 1 aliphatic heterocycles. The lowest BCUT2D eigenvalue weighted by Gasteiger charge is -2.17. The molecule has 4 nitrogen and oxygen atoms in total. The first-order chi connectivity index (χ1) is 8.16. The van der Waals surface area contributed by atoms with Gasteiger partial charge >= 0.3 is 0 Å². The van der Waals surface area contributed by atoms with Crippen LogP contribution in [-0.4, -0.2) is 21.5 Å². The Labute approximate surface area is 99.7 Å². The van der Waals surface area contributed by atoms with Crippen molar-refractivity contribution < 1.29 is 8.42 Å². The van der Waals surface area contributed by atoms with E-state index in [0.29, 0.717) is 18.0 Å². The predicted molar refractivity (Wildman–Crippen MR) is 67.5 cm³/mol. The van der Waals surface area contributed by atoms with Gasteiger partial charge in [-0.05, 0) is 17.5 Å². The molecule has 0 saturated heterocycles. The highest BCUT2D eigenvalue weighted by molar-refractivity contribution is 7.93. The second-order valence-corrected chi connectivity index (χ2v) is 5.83. The summed E-state index contributed by atoms with van der Waals surface area (Å²) < 4.78 is 26.0. The number of sulfonamides is 1. The number of nitrogens with two attached hydrogens (primary N) is 1. The summed E-state index contributed by atoms with van der Waals surface area (Å²) in [5, 5.41) is 1.76. The maximum Gasteiger partial charge on any atom is 0.265 e. The van der Waals surface area contributed by atoms with E-state index in [0.717, 1.165) is 16.5 Å². The highest BCUT2D eigenvalue weighted by atomic mass is 32.2. The Bertz CT molecular complexity index is 689. The Hall–Kier alpha value is -1.59. The van der Waals surface area contributed by atoms with Crippen molar-refractivity contribution >= 4 is 26.5 Å². The van der Waals surface area contributed by atoms with E-state index in [-0.39, 0.29) is 0 Å². The van der Waals surface area contributed by atoms with Crippen molar-refractivity contribution in [1.82, 2.24) is 0 Å². The van der Waals surface area contributed by atoms with Crippen LogP contribution in [0.1, 0.15) is 0 Å². The topological polar surface area (TPSA) is 63.4 Å². The van der Waals surface area contributed by atoms with E-state index in [1.807, 2.05) is 24.3 Å². The van der Waals surface area contributed by atoms with Crippen molar-refractivity contribution in [3.63, 3.8) is 0 Å². The van der Waals surface area contributed by atoms with Gasteiger partial charge in [0.1, 0.15) is 0 Å². The maximum absolute atomic E-state index is 12.3. The fraction of sp³-hybridized carbons (Fsp3) is 0.167. The van der Waals surface area contributed by atoms with Crippen LogP contribution in [0.4, 0.5) is 5.69 Å². The fourth-order valence-electron chi connectivity index (χ4n) is 2.32. The maximum atomic E-state index is 12.3. The Morgan fingerprint density at radius 3 is 2.53 bits per heavy atom. The van der Waals surface area contributed by atoms with E-state index >= 15 is 0 Å². The van der Waals surface area contributed by atoms with E-state index < -0.39 is 10.0 Å². The van der Waals surface area contributed by atoms with Gasteiger partial charge in [-0.25, -0.2) is 8.42 Å². The standard InChI is InChI=1S/C12H12N2O2S/c13-7-8-14-10-5-1-3-9-4-2-6-11(12(9)10)17(14,15)16/h1-6H,7-8,13H2. The third-order valence-electron chi connectivity index (χ3n) is 3.01. The van der Waals surface area contributed by atoms with Crippen molar-refractivity contribution in [1.29, 1.82) is 0 Å². The lowest BCUT2D eigenvalue weighted by molar-refractivity contribution is 0.594. The molecule has 0 atom stereocenters. The molecular weight excluding hydrogens is 236 g/mol. The molecule has 3 rings (SSSR count). The first-order valence-corrected chi connectivity index (χ1v) is 6.85. The highest BCUT2D eigenvalue weighted by Crippen LogP contribution is 2.41. The quantitative estimate of drug-likeness (QED) is 0.871. The van der Waals surface area contributed by atoms with Crippen LogP contribution >= 0.6 is 0 Å². The van der Waals surface area contributed by atoms with E-state index in [4.69, 9.17) is 5.73 Å². The van der Waals surface area contributed by atoms with E-state index in [2.05, 4.69) is 0 Å². The molecule has 0 radical (unpaired) electrons. The Balaban J connectivity index is 2.41. The van der Waals surface area contributed by atoms with Gasteiger partial charge in [-0.3, -0.25) is 4.31 Å². The van der Waals surface area contributed by atoms with Crippen molar-refractivity contribution in [2.45, 2.75) is 4.90 Å². The molecule has 2 N–H and O–H groups in total. The van der Waals surface area contributed by atoms with Crippen LogP contribution < -0.4 is 10.0 Å². The summed E-state index contributed by atoms with van der Waals surface area (Å²) in [5.74, 6) is 0. The second-order valence-electron chi connectivity index (χ2n) is 4.00. The summed E-state index contributed by atoms with van der Waals surface area (Å²) in [5.41, 5.74) is 6.23. The van der Waals surface area contributed by atoms with Crippen molar-refractivity contribution in [3.8, 4) is 0 Å². The molecule has 0 unspecified atom stereocenters. The van der Waals surface area contributed by atoms with Crippen LogP contribution in [0.25, 0.3) is 10.8 Å². The Morgan fingerprint density at radius 2 is 1.82 bits per heavy atom. The van der Waals surface area contributed by atoms with Gasteiger partial charge in [0.25, 0.3) is 10.0 Å². The van der Waals surface area contributed by atoms with Gasteiger partial charge in [-0.1, -0.05) is 24.3 Å². The van der Waals surface area contributed by atoms with Gasteiger partial charge in [-0.15, -0.1) is 0 Å². The van der Waals surface area contributed by atoms with Gasteiger partial charge in [0.05, 0.1) is 10.6 Å². The minimum atomic E-state index is -3.41. The lowest BCUT2D eigenvalue weighted by atomic mass is 10.1. The summed E-state index contributed by atoms with van der Waals surface area (Å²) >= 11 is 0. The van der Waals surface area contributed by atoms with Crippen LogP contribution in [-0.2, 0) is 10.0 Å². The molecule has 2 aromatic rings. The molecule has 1 aliphatic rings. The molecule has 0 fully saturated rings. The third kappa shape index (κ3) is 1.29. The Kier molecular flexibility index (Phi) is 2.14. The zero-order valence-corrected chi connectivity index (χ0v) is 9.94. The largest absolute Gasteiger partial charge is 0.329 e. The summed E-state index contributed by atoms with van der Waals surface area (Å²) in [4.78, 5) is 0.388. The number of nitrogens with zero attached hydrogens (tertiary/aromatic N) is 1. The zero-order valence-electron chi connectivity index (χ0n) is 9.13. The van der Waals surface area contributed by atoms with Crippen molar-refractivity contribution in [2.75, 3.05) is 17.4 Å². The highest BCUT2D eigenvalue weighted by Gasteiger charge is 2.34.